The Morgan fingerprint density at radius 1 is 0.500 bits per heavy atom. The highest BCUT2D eigenvalue weighted by Gasteiger charge is 2.44. The first-order chi connectivity index (χ1) is 29.3. The summed E-state index contributed by atoms with van der Waals surface area (Å²) >= 11 is 7.47. The van der Waals surface area contributed by atoms with Crippen LogP contribution >= 0.6 is 11.6 Å². The fraction of sp³-hybridized carbons (Fsp3) is 0.0714. The van der Waals surface area contributed by atoms with Gasteiger partial charge in [0, 0.05) is 49.5 Å². The van der Waals surface area contributed by atoms with E-state index in [0.717, 1.165) is 27.6 Å². The third kappa shape index (κ3) is 5.03. The Labute approximate surface area is 356 Å². The van der Waals surface area contributed by atoms with E-state index >= 15 is 0 Å². The van der Waals surface area contributed by atoms with E-state index in [1.54, 1.807) is 0 Å². The monoisotopic (exact) mass is 786 g/mol. The average Bonchev–Trinajstić information content (AvgIpc) is 3.61. The van der Waals surface area contributed by atoms with Crippen molar-refractivity contribution in [1.29, 1.82) is 0 Å². The summed E-state index contributed by atoms with van der Waals surface area (Å²) in [6, 6.07) is 63.0. The molecule has 12 rings (SSSR count). The normalized spacial score (nSPS) is 12.7. The molecule has 9 aromatic carbocycles. The first-order valence-corrected chi connectivity index (χ1v) is 21.3. The molecule has 0 saturated heterocycles. The fourth-order valence-electron chi connectivity index (χ4n) is 10.8. The second-order valence-corrected chi connectivity index (χ2v) is 17.2. The third-order valence-electron chi connectivity index (χ3n) is 13.2. The highest BCUT2D eigenvalue weighted by Crippen LogP contribution is 2.49. The average molecular weight is 787 g/mol. The lowest BCUT2D eigenvalue weighted by Crippen LogP contribution is -2.57. The number of para-hydroxylation sites is 1. The van der Waals surface area contributed by atoms with E-state index < -0.39 is 0 Å². The SMILES string of the molecule is Cc1cc(C)c(-c2ccc3c(c2)B2c4c(cc(Cl)c(C)c4-c4cccc5c6c7ccccc7ccc6n2c45)N3c2cc(-c3ccccc3)cc(-c3ccccc3)c2)c(C)c1. The number of aryl methyl sites for hydroxylation is 3. The van der Waals surface area contributed by atoms with Crippen molar-refractivity contribution in [3.63, 3.8) is 0 Å². The number of halogens is 1. The summed E-state index contributed by atoms with van der Waals surface area (Å²) in [7, 11) is 0. The fourth-order valence-corrected chi connectivity index (χ4v) is 11.0. The number of benzene rings is 9. The summed E-state index contributed by atoms with van der Waals surface area (Å²) in [5.74, 6) is 0. The van der Waals surface area contributed by atoms with Gasteiger partial charge in [0.2, 0.25) is 0 Å². The summed E-state index contributed by atoms with van der Waals surface area (Å²) < 4.78 is 2.66. The lowest BCUT2D eigenvalue weighted by Gasteiger charge is -2.41. The molecule has 2 aliphatic heterocycles. The van der Waals surface area contributed by atoms with E-state index in [1.165, 1.54) is 105 Å². The zero-order valence-electron chi connectivity index (χ0n) is 34.0. The van der Waals surface area contributed by atoms with Crippen molar-refractivity contribution in [1.82, 2.24) is 4.48 Å². The number of aromatic nitrogens is 1. The van der Waals surface area contributed by atoms with Gasteiger partial charge in [0.25, 0.3) is 0 Å². The van der Waals surface area contributed by atoms with Crippen LogP contribution in [-0.4, -0.2) is 11.3 Å². The molecular weight excluding hydrogens is 747 g/mol. The Bertz CT molecular complexity index is 3360. The minimum absolute atomic E-state index is 0.106. The van der Waals surface area contributed by atoms with Crippen LogP contribution in [0.2, 0.25) is 5.02 Å². The lowest BCUT2D eigenvalue weighted by molar-refractivity contribution is 1.24. The molecule has 3 heterocycles. The standard InChI is InChI=1S/C56H40BClN2/c1-33-26-34(2)52(35(3)27-33)40-23-24-49-47(31-40)57-55-51(59(49)43-29-41(37-14-7-5-8-15-37)28-42(30-43)38-16-9-6-10-17-38)32-48(58)36(4)53(55)45-20-13-21-46-54-44-19-12-11-18-39(44)22-25-50(54)60(57)56(45)46/h5-32H,1-4H3. The number of hydrogen-bond donors (Lipinski definition) is 0. The second-order valence-electron chi connectivity index (χ2n) is 16.8. The molecule has 0 bridgehead atoms. The van der Waals surface area contributed by atoms with Crippen molar-refractivity contribution in [2.24, 2.45) is 0 Å². The lowest BCUT2D eigenvalue weighted by atomic mass is 9.44. The molecule has 10 aromatic rings. The van der Waals surface area contributed by atoms with Crippen LogP contribution in [0.1, 0.15) is 22.3 Å². The van der Waals surface area contributed by atoms with Crippen LogP contribution in [0.3, 0.4) is 0 Å². The molecule has 2 aliphatic rings. The molecule has 0 saturated carbocycles. The van der Waals surface area contributed by atoms with Gasteiger partial charge in [-0.1, -0.05) is 151 Å². The Morgan fingerprint density at radius 3 is 1.88 bits per heavy atom. The predicted molar refractivity (Wildman–Crippen MR) is 258 cm³/mol. The molecule has 284 valence electrons. The van der Waals surface area contributed by atoms with Crippen molar-refractivity contribution < 1.29 is 0 Å². The van der Waals surface area contributed by atoms with E-state index in [1.807, 2.05) is 0 Å². The number of anilines is 3. The third-order valence-corrected chi connectivity index (χ3v) is 13.6. The summed E-state index contributed by atoms with van der Waals surface area (Å²) in [4.78, 5) is 2.50. The van der Waals surface area contributed by atoms with Crippen LogP contribution in [0, 0.1) is 27.7 Å². The van der Waals surface area contributed by atoms with E-state index in [0.29, 0.717) is 0 Å². The molecule has 0 radical (unpaired) electrons. The molecule has 0 fully saturated rings. The Hall–Kier alpha value is -6.81. The maximum atomic E-state index is 7.47. The number of hydrogen-bond acceptors (Lipinski definition) is 1. The van der Waals surface area contributed by atoms with Gasteiger partial charge in [-0.2, -0.15) is 0 Å². The van der Waals surface area contributed by atoms with Crippen LogP contribution in [0.5, 0.6) is 0 Å². The van der Waals surface area contributed by atoms with E-state index in [4.69, 9.17) is 11.6 Å². The van der Waals surface area contributed by atoms with E-state index in [-0.39, 0.29) is 6.85 Å². The van der Waals surface area contributed by atoms with Crippen molar-refractivity contribution >= 4 is 79.0 Å². The summed E-state index contributed by atoms with van der Waals surface area (Å²) in [5, 5.41) is 5.88. The Morgan fingerprint density at radius 2 is 1.17 bits per heavy atom. The number of nitrogens with zero attached hydrogens (tertiary/aromatic N) is 2. The Balaban J connectivity index is 1.23. The minimum Gasteiger partial charge on any atom is -0.375 e. The number of fused-ring (bicyclic) bond motifs is 9. The highest BCUT2D eigenvalue weighted by molar-refractivity contribution is 6.90. The maximum absolute atomic E-state index is 7.47. The Kier molecular flexibility index (Phi) is 7.68. The van der Waals surface area contributed by atoms with Crippen LogP contribution in [0.4, 0.5) is 17.1 Å². The van der Waals surface area contributed by atoms with Crippen molar-refractivity contribution in [3.05, 3.63) is 197 Å². The quantitative estimate of drug-likeness (QED) is 0.161. The van der Waals surface area contributed by atoms with Crippen molar-refractivity contribution in [2.75, 3.05) is 4.90 Å². The first-order valence-electron chi connectivity index (χ1n) is 20.9. The van der Waals surface area contributed by atoms with Gasteiger partial charge in [0.15, 0.2) is 0 Å². The molecule has 0 unspecified atom stereocenters. The van der Waals surface area contributed by atoms with Crippen LogP contribution in [-0.2, 0) is 0 Å². The van der Waals surface area contributed by atoms with Gasteiger partial charge in [0.05, 0.1) is 0 Å². The van der Waals surface area contributed by atoms with E-state index in [9.17, 15) is 0 Å². The highest BCUT2D eigenvalue weighted by atomic mass is 35.5. The molecule has 0 aliphatic carbocycles. The van der Waals surface area contributed by atoms with Gasteiger partial charge >= 0.3 is 6.85 Å². The van der Waals surface area contributed by atoms with Gasteiger partial charge in [-0.25, -0.2) is 0 Å². The summed E-state index contributed by atoms with van der Waals surface area (Å²) in [6.07, 6.45) is 0. The van der Waals surface area contributed by atoms with Crippen LogP contribution in [0.25, 0.3) is 77.1 Å². The molecule has 2 nitrogen and oxygen atoms in total. The largest absolute Gasteiger partial charge is 0.375 e. The van der Waals surface area contributed by atoms with Crippen LogP contribution < -0.4 is 15.8 Å². The summed E-state index contributed by atoms with van der Waals surface area (Å²) in [6.45, 7) is 8.81. The minimum atomic E-state index is -0.106. The van der Waals surface area contributed by atoms with Gasteiger partial charge < -0.3 is 9.38 Å². The topological polar surface area (TPSA) is 8.17 Å². The molecular formula is C56H40BClN2. The van der Waals surface area contributed by atoms with Gasteiger partial charge in [-0.05, 0) is 141 Å². The van der Waals surface area contributed by atoms with Gasteiger partial charge in [-0.3, -0.25) is 0 Å². The predicted octanol–water partition coefficient (Wildman–Crippen LogP) is 14.3. The molecule has 4 heteroatoms. The molecule has 60 heavy (non-hydrogen) atoms. The van der Waals surface area contributed by atoms with Crippen molar-refractivity contribution in [2.45, 2.75) is 27.7 Å². The molecule has 0 N–H and O–H groups in total. The zero-order valence-corrected chi connectivity index (χ0v) is 34.8. The molecule has 0 spiro atoms. The van der Waals surface area contributed by atoms with Gasteiger partial charge in [0.1, 0.15) is 0 Å². The maximum Gasteiger partial charge on any atom is 0.333 e. The second kappa shape index (κ2) is 13.1. The van der Waals surface area contributed by atoms with Crippen LogP contribution in [0.15, 0.2) is 170 Å². The molecule has 1 aromatic heterocycles. The van der Waals surface area contributed by atoms with Gasteiger partial charge in [-0.15, -0.1) is 0 Å². The van der Waals surface area contributed by atoms with E-state index in [2.05, 4.69) is 207 Å². The zero-order chi connectivity index (χ0) is 40.4. The first kappa shape index (κ1) is 35.2. The van der Waals surface area contributed by atoms with Crippen molar-refractivity contribution in [3.8, 4) is 44.5 Å². The molecule has 0 amide bonds. The smallest absolute Gasteiger partial charge is 0.333 e. The molecule has 0 atom stereocenters. The number of rotatable bonds is 4. The summed E-state index contributed by atoms with van der Waals surface area (Å²) in [5.41, 5.74) is 23.1.